The fraction of sp³-hybridized carbons (Fsp3) is 0.750. The molecule has 0 saturated heterocycles. The van der Waals surface area contributed by atoms with E-state index in [0.29, 0.717) is 13.0 Å². The molecule has 0 spiro atoms. The molecule has 0 radical (unpaired) electrons. The molecular formula is C12H19NO4. The van der Waals surface area contributed by atoms with Crippen LogP contribution in [0.15, 0.2) is 12.3 Å². The second-order valence-corrected chi connectivity index (χ2v) is 4.38. The molecule has 0 aromatic carbocycles. The Balaban J connectivity index is 2.55. The molecule has 1 fully saturated rings. The summed E-state index contributed by atoms with van der Waals surface area (Å²) in [6.45, 7) is 5.71. The standard InChI is InChI=1S/C12H19NO4/c1-3-17-9(2)12(14)8-10-6-4-5-7-11(10)13(15)16/h10-11H,2-8H2,1H3/t10-,11-/m0/s1. The van der Waals surface area contributed by atoms with E-state index in [1.807, 2.05) is 0 Å². The van der Waals surface area contributed by atoms with Gasteiger partial charge >= 0.3 is 0 Å². The second kappa shape index (κ2) is 6.37. The van der Waals surface area contributed by atoms with Crippen molar-refractivity contribution in [3.63, 3.8) is 0 Å². The van der Waals surface area contributed by atoms with Gasteiger partial charge in [-0.15, -0.1) is 0 Å². The molecule has 0 aromatic rings. The van der Waals surface area contributed by atoms with Crippen molar-refractivity contribution in [2.75, 3.05) is 6.61 Å². The molecule has 17 heavy (non-hydrogen) atoms. The van der Waals surface area contributed by atoms with Crippen LogP contribution in [0.1, 0.15) is 39.0 Å². The van der Waals surface area contributed by atoms with E-state index in [1.54, 1.807) is 6.92 Å². The van der Waals surface area contributed by atoms with Crippen molar-refractivity contribution in [1.29, 1.82) is 0 Å². The fourth-order valence-corrected chi connectivity index (χ4v) is 2.31. The lowest BCUT2D eigenvalue weighted by molar-refractivity contribution is -0.535. The lowest BCUT2D eigenvalue weighted by atomic mass is 9.81. The maximum atomic E-state index is 11.7. The first kappa shape index (κ1) is 13.7. The highest BCUT2D eigenvalue weighted by molar-refractivity contribution is 5.92. The number of Topliss-reactive ketones (excluding diaryl/α,β-unsaturated/α-hetero) is 1. The summed E-state index contributed by atoms with van der Waals surface area (Å²) >= 11 is 0. The van der Waals surface area contributed by atoms with E-state index in [1.165, 1.54) is 0 Å². The Bertz CT molecular complexity index is 314. The Morgan fingerprint density at radius 1 is 1.47 bits per heavy atom. The summed E-state index contributed by atoms with van der Waals surface area (Å²) in [7, 11) is 0. The van der Waals surface area contributed by atoms with E-state index in [4.69, 9.17) is 4.74 Å². The Labute approximate surface area is 101 Å². The van der Waals surface area contributed by atoms with Crippen molar-refractivity contribution in [2.45, 2.75) is 45.1 Å². The minimum Gasteiger partial charge on any atom is -0.491 e. The Kier molecular flexibility index (Phi) is 5.12. The molecule has 0 aliphatic heterocycles. The minimum atomic E-state index is -0.581. The van der Waals surface area contributed by atoms with Crippen molar-refractivity contribution in [1.82, 2.24) is 0 Å². The molecule has 1 aliphatic rings. The zero-order valence-corrected chi connectivity index (χ0v) is 10.2. The van der Waals surface area contributed by atoms with Crippen LogP contribution in [0.5, 0.6) is 0 Å². The first-order chi connectivity index (χ1) is 8.06. The number of ketones is 1. The van der Waals surface area contributed by atoms with E-state index in [-0.39, 0.29) is 28.8 Å². The van der Waals surface area contributed by atoms with Crippen LogP contribution in [0.25, 0.3) is 0 Å². The molecule has 0 bridgehead atoms. The number of rotatable bonds is 6. The highest BCUT2D eigenvalue weighted by Gasteiger charge is 2.35. The summed E-state index contributed by atoms with van der Waals surface area (Å²) < 4.78 is 5.03. The molecular weight excluding hydrogens is 222 g/mol. The fourth-order valence-electron chi connectivity index (χ4n) is 2.31. The molecule has 96 valence electrons. The molecule has 5 nitrogen and oxygen atoms in total. The molecule has 1 aliphatic carbocycles. The number of nitrogens with zero attached hydrogens (tertiary/aromatic N) is 1. The number of nitro groups is 1. The second-order valence-electron chi connectivity index (χ2n) is 4.38. The third-order valence-electron chi connectivity index (χ3n) is 3.22. The number of hydrogen-bond acceptors (Lipinski definition) is 4. The largest absolute Gasteiger partial charge is 0.491 e. The van der Waals surface area contributed by atoms with Gasteiger partial charge in [0.05, 0.1) is 6.61 Å². The zero-order chi connectivity index (χ0) is 12.8. The third-order valence-corrected chi connectivity index (χ3v) is 3.22. The number of carbonyl (C=O) groups excluding carboxylic acids is 1. The summed E-state index contributed by atoms with van der Waals surface area (Å²) in [5.41, 5.74) is 0. The lowest BCUT2D eigenvalue weighted by Gasteiger charge is -2.24. The third kappa shape index (κ3) is 3.84. The number of carbonyl (C=O) groups is 1. The molecule has 0 heterocycles. The molecule has 0 amide bonds. The first-order valence-corrected chi connectivity index (χ1v) is 6.04. The Hall–Kier alpha value is -1.39. The van der Waals surface area contributed by atoms with Gasteiger partial charge in [-0.2, -0.15) is 0 Å². The van der Waals surface area contributed by atoms with Gasteiger partial charge in [-0.05, 0) is 19.8 Å². The normalized spacial score (nSPS) is 24.1. The molecule has 0 aromatic heterocycles. The average molecular weight is 241 g/mol. The summed E-state index contributed by atoms with van der Waals surface area (Å²) in [6, 6.07) is -0.581. The van der Waals surface area contributed by atoms with Gasteiger partial charge in [-0.3, -0.25) is 14.9 Å². The van der Waals surface area contributed by atoms with Crippen LogP contribution in [-0.2, 0) is 9.53 Å². The smallest absolute Gasteiger partial charge is 0.216 e. The summed E-state index contributed by atoms with van der Waals surface area (Å²) in [4.78, 5) is 22.4. The van der Waals surface area contributed by atoms with Crippen LogP contribution < -0.4 is 0 Å². The van der Waals surface area contributed by atoms with Crippen molar-refractivity contribution >= 4 is 5.78 Å². The number of allylic oxidation sites excluding steroid dienone is 1. The maximum absolute atomic E-state index is 11.7. The summed E-state index contributed by atoms with van der Waals surface area (Å²) in [5.74, 6) is -0.241. The molecule has 0 N–H and O–H groups in total. The predicted molar refractivity (Wildman–Crippen MR) is 63.1 cm³/mol. The van der Waals surface area contributed by atoms with Crippen molar-refractivity contribution < 1.29 is 14.5 Å². The van der Waals surface area contributed by atoms with Gasteiger partial charge in [0.25, 0.3) is 0 Å². The van der Waals surface area contributed by atoms with Crippen LogP contribution in [0.4, 0.5) is 0 Å². The van der Waals surface area contributed by atoms with Crippen molar-refractivity contribution in [3.05, 3.63) is 22.5 Å². The van der Waals surface area contributed by atoms with Gasteiger partial charge in [0.1, 0.15) is 0 Å². The maximum Gasteiger partial charge on any atom is 0.216 e. The van der Waals surface area contributed by atoms with Gasteiger partial charge in [0, 0.05) is 23.7 Å². The Morgan fingerprint density at radius 2 is 2.12 bits per heavy atom. The first-order valence-electron chi connectivity index (χ1n) is 6.04. The number of hydrogen-bond donors (Lipinski definition) is 0. The monoisotopic (exact) mass is 241 g/mol. The van der Waals surface area contributed by atoms with E-state index >= 15 is 0 Å². The average Bonchev–Trinajstić information content (AvgIpc) is 2.29. The van der Waals surface area contributed by atoms with E-state index in [9.17, 15) is 14.9 Å². The van der Waals surface area contributed by atoms with Crippen molar-refractivity contribution in [3.8, 4) is 0 Å². The Morgan fingerprint density at radius 3 is 2.71 bits per heavy atom. The topological polar surface area (TPSA) is 69.4 Å². The predicted octanol–water partition coefficient (Wildman–Crippen LogP) is 2.33. The zero-order valence-electron chi connectivity index (χ0n) is 10.2. The molecule has 1 rings (SSSR count). The van der Waals surface area contributed by atoms with E-state index in [2.05, 4.69) is 6.58 Å². The number of ether oxygens (including phenoxy) is 1. The van der Waals surface area contributed by atoms with Gasteiger partial charge in [0.2, 0.25) is 6.04 Å². The van der Waals surface area contributed by atoms with E-state index < -0.39 is 6.04 Å². The van der Waals surface area contributed by atoms with Gasteiger partial charge in [0.15, 0.2) is 11.5 Å². The van der Waals surface area contributed by atoms with E-state index in [0.717, 1.165) is 19.3 Å². The van der Waals surface area contributed by atoms with Crippen LogP contribution in [-0.4, -0.2) is 23.4 Å². The van der Waals surface area contributed by atoms with Gasteiger partial charge in [-0.25, -0.2) is 0 Å². The van der Waals surface area contributed by atoms with Gasteiger partial charge in [-0.1, -0.05) is 13.0 Å². The molecule has 2 atom stereocenters. The van der Waals surface area contributed by atoms with Crippen LogP contribution in [0.2, 0.25) is 0 Å². The van der Waals surface area contributed by atoms with Gasteiger partial charge < -0.3 is 4.74 Å². The highest BCUT2D eigenvalue weighted by Crippen LogP contribution is 2.29. The molecule has 5 heteroatoms. The van der Waals surface area contributed by atoms with Crippen LogP contribution in [0, 0.1) is 16.0 Å². The lowest BCUT2D eigenvalue weighted by Crippen LogP contribution is -2.33. The summed E-state index contributed by atoms with van der Waals surface area (Å²) in [6.07, 6.45) is 3.35. The molecule has 0 unspecified atom stereocenters. The van der Waals surface area contributed by atoms with Crippen molar-refractivity contribution in [2.24, 2.45) is 5.92 Å². The molecule has 1 saturated carbocycles. The highest BCUT2D eigenvalue weighted by atomic mass is 16.6. The minimum absolute atomic E-state index is 0.125. The SMILES string of the molecule is C=C(OCC)C(=O)C[C@@H]1CCCC[C@@H]1[N+](=O)[O-]. The van der Waals surface area contributed by atoms with Crippen LogP contribution in [0.3, 0.4) is 0 Å². The van der Waals surface area contributed by atoms with Crippen LogP contribution >= 0.6 is 0 Å². The quantitative estimate of drug-likeness (QED) is 0.310. The summed E-state index contributed by atoms with van der Waals surface area (Å²) in [5, 5.41) is 10.9.